The molecule has 0 atom stereocenters. The number of rotatable bonds is 4. The zero-order valence-corrected chi connectivity index (χ0v) is 17.9. The van der Waals surface area contributed by atoms with Gasteiger partial charge in [0.05, 0.1) is 6.54 Å². The lowest BCUT2D eigenvalue weighted by Gasteiger charge is -2.31. The van der Waals surface area contributed by atoms with E-state index >= 15 is 0 Å². The van der Waals surface area contributed by atoms with Crippen LogP contribution in [0.5, 0.6) is 0 Å². The van der Waals surface area contributed by atoms with E-state index in [0.29, 0.717) is 36.7 Å². The fourth-order valence-electron chi connectivity index (χ4n) is 4.17. The van der Waals surface area contributed by atoms with Crippen LogP contribution >= 0.6 is 0 Å². The number of aromatic amines is 1. The van der Waals surface area contributed by atoms with E-state index in [1.807, 2.05) is 66.4 Å². The predicted molar refractivity (Wildman–Crippen MR) is 121 cm³/mol. The van der Waals surface area contributed by atoms with Crippen molar-refractivity contribution >= 4 is 17.1 Å². The molecule has 0 radical (unpaired) electrons. The van der Waals surface area contributed by atoms with Crippen LogP contribution in [0.1, 0.15) is 46.1 Å². The van der Waals surface area contributed by atoms with E-state index in [2.05, 4.69) is 15.3 Å². The number of amides is 1. The van der Waals surface area contributed by atoms with Crippen molar-refractivity contribution in [2.24, 2.45) is 0 Å². The van der Waals surface area contributed by atoms with E-state index in [4.69, 9.17) is 4.98 Å². The molecule has 4 aromatic rings. The van der Waals surface area contributed by atoms with Crippen LogP contribution in [0.4, 0.5) is 0 Å². The Labute approximate surface area is 184 Å². The molecule has 5 rings (SSSR count). The van der Waals surface area contributed by atoms with Crippen molar-refractivity contribution in [3.63, 3.8) is 0 Å². The molecule has 0 saturated carbocycles. The number of aromatic nitrogens is 5. The van der Waals surface area contributed by atoms with Gasteiger partial charge in [0.1, 0.15) is 5.82 Å². The Kier molecular flexibility index (Phi) is 5.26. The number of nitrogens with zero attached hydrogens (tertiary/aromatic N) is 5. The highest BCUT2D eigenvalue weighted by Gasteiger charge is 2.27. The summed E-state index contributed by atoms with van der Waals surface area (Å²) in [7, 11) is 0. The summed E-state index contributed by atoms with van der Waals surface area (Å²) in [5.41, 5.74) is 3.36. The van der Waals surface area contributed by atoms with E-state index in [0.717, 1.165) is 24.0 Å². The SMILES string of the molecule is Cc1ccc(C(=O)N2CCC(c3nc4c(nnn4Cc4ccccc4)c(=O)[nH]3)CC2)cc1. The third kappa shape index (κ3) is 3.91. The lowest BCUT2D eigenvalue weighted by molar-refractivity contribution is 0.0711. The van der Waals surface area contributed by atoms with Crippen LogP contribution in [0.2, 0.25) is 0 Å². The maximum Gasteiger partial charge on any atom is 0.281 e. The molecule has 0 unspecified atom stereocenters. The van der Waals surface area contributed by atoms with Crippen molar-refractivity contribution < 1.29 is 4.79 Å². The first-order valence-electron chi connectivity index (χ1n) is 10.8. The molecular formula is C24H24N6O2. The third-order valence-corrected chi connectivity index (χ3v) is 6.03. The van der Waals surface area contributed by atoms with Crippen LogP contribution in [-0.4, -0.2) is 48.9 Å². The minimum Gasteiger partial charge on any atom is -0.339 e. The maximum absolute atomic E-state index is 12.8. The second-order valence-corrected chi connectivity index (χ2v) is 8.29. The van der Waals surface area contributed by atoms with Gasteiger partial charge >= 0.3 is 0 Å². The molecule has 1 saturated heterocycles. The van der Waals surface area contributed by atoms with Gasteiger partial charge in [-0.15, -0.1) is 5.10 Å². The van der Waals surface area contributed by atoms with Crippen LogP contribution in [0, 0.1) is 6.92 Å². The summed E-state index contributed by atoms with van der Waals surface area (Å²) in [6.07, 6.45) is 1.48. The number of hydrogen-bond acceptors (Lipinski definition) is 5. The molecule has 1 amide bonds. The number of piperidine rings is 1. The summed E-state index contributed by atoms with van der Waals surface area (Å²) in [6.45, 7) is 3.75. The summed E-state index contributed by atoms with van der Waals surface area (Å²) in [5.74, 6) is 0.765. The number of likely N-dealkylation sites (tertiary alicyclic amines) is 1. The number of carbonyl (C=O) groups is 1. The number of aryl methyl sites for hydroxylation is 1. The molecule has 8 heteroatoms. The summed E-state index contributed by atoms with van der Waals surface area (Å²) < 4.78 is 1.67. The topological polar surface area (TPSA) is 96.8 Å². The number of nitrogens with one attached hydrogen (secondary N) is 1. The van der Waals surface area contributed by atoms with Crippen LogP contribution < -0.4 is 5.56 Å². The van der Waals surface area contributed by atoms with Crippen molar-refractivity contribution in [3.05, 3.63) is 87.5 Å². The molecule has 1 aliphatic rings. The first-order valence-corrected chi connectivity index (χ1v) is 10.8. The average molecular weight is 428 g/mol. The smallest absolute Gasteiger partial charge is 0.281 e. The van der Waals surface area contributed by atoms with Gasteiger partial charge in [0.25, 0.3) is 11.5 Å². The Bertz CT molecular complexity index is 1300. The standard InChI is InChI=1S/C24H24N6O2/c1-16-7-9-19(10-8-16)24(32)29-13-11-18(12-14-29)21-25-22-20(23(31)26-21)27-28-30(22)15-17-5-3-2-4-6-17/h2-10,18H,11-15H2,1H3,(H,25,26,31). The Balaban J connectivity index is 1.34. The van der Waals surface area contributed by atoms with Gasteiger partial charge in [-0.25, -0.2) is 9.67 Å². The van der Waals surface area contributed by atoms with Crippen LogP contribution in [0.15, 0.2) is 59.4 Å². The van der Waals surface area contributed by atoms with Gasteiger partial charge in [-0.05, 0) is 37.5 Å². The molecular weight excluding hydrogens is 404 g/mol. The minimum atomic E-state index is -0.275. The third-order valence-electron chi connectivity index (χ3n) is 6.03. The van der Waals surface area contributed by atoms with E-state index in [1.54, 1.807) is 4.68 Å². The Morgan fingerprint density at radius 1 is 1.06 bits per heavy atom. The molecule has 0 bridgehead atoms. The summed E-state index contributed by atoms with van der Waals surface area (Å²) in [4.78, 5) is 34.9. The zero-order valence-electron chi connectivity index (χ0n) is 17.9. The first-order chi connectivity index (χ1) is 15.6. The molecule has 0 spiro atoms. The highest BCUT2D eigenvalue weighted by molar-refractivity contribution is 5.94. The van der Waals surface area contributed by atoms with Gasteiger partial charge in [-0.1, -0.05) is 53.2 Å². The maximum atomic E-state index is 12.8. The molecule has 3 heterocycles. The number of hydrogen-bond donors (Lipinski definition) is 1. The summed E-state index contributed by atoms with van der Waals surface area (Å²) in [5, 5.41) is 8.17. The molecule has 0 aliphatic carbocycles. The summed E-state index contributed by atoms with van der Waals surface area (Å²) in [6, 6.07) is 17.5. The molecule has 1 aliphatic heterocycles. The van der Waals surface area contributed by atoms with Crippen LogP contribution in [0.3, 0.4) is 0 Å². The van der Waals surface area contributed by atoms with Gasteiger partial charge < -0.3 is 9.88 Å². The van der Waals surface area contributed by atoms with Gasteiger partial charge in [0, 0.05) is 24.6 Å². The van der Waals surface area contributed by atoms with E-state index in [9.17, 15) is 9.59 Å². The van der Waals surface area contributed by atoms with E-state index < -0.39 is 0 Å². The van der Waals surface area contributed by atoms with Crippen LogP contribution in [-0.2, 0) is 6.54 Å². The minimum absolute atomic E-state index is 0.0468. The molecule has 2 aromatic heterocycles. The lowest BCUT2D eigenvalue weighted by Crippen LogP contribution is -2.38. The number of fused-ring (bicyclic) bond motifs is 1. The molecule has 8 nitrogen and oxygen atoms in total. The van der Waals surface area contributed by atoms with Crippen molar-refractivity contribution in [2.45, 2.75) is 32.2 Å². The number of H-pyrrole nitrogens is 1. The van der Waals surface area contributed by atoms with Gasteiger partial charge in [-0.2, -0.15) is 0 Å². The largest absolute Gasteiger partial charge is 0.339 e. The highest BCUT2D eigenvalue weighted by atomic mass is 16.2. The highest BCUT2D eigenvalue weighted by Crippen LogP contribution is 2.26. The van der Waals surface area contributed by atoms with Crippen molar-refractivity contribution in [2.75, 3.05) is 13.1 Å². The fraction of sp³-hybridized carbons (Fsp3) is 0.292. The van der Waals surface area contributed by atoms with E-state index in [-0.39, 0.29) is 22.9 Å². The van der Waals surface area contributed by atoms with Crippen LogP contribution in [0.25, 0.3) is 11.2 Å². The molecule has 162 valence electrons. The Hall–Kier alpha value is -3.81. The second kappa shape index (κ2) is 8.37. The molecule has 1 fully saturated rings. The Morgan fingerprint density at radius 3 is 2.50 bits per heavy atom. The predicted octanol–water partition coefficient (Wildman–Crippen LogP) is 2.89. The normalized spacial score (nSPS) is 14.7. The van der Waals surface area contributed by atoms with Gasteiger partial charge in [-0.3, -0.25) is 9.59 Å². The monoisotopic (exact) mass is 428 g/mol. The second-order valence-electron chi connectivity index (χ2n) is 8.29. The van der Waals surface area contributed by atoms with Gasteiger partial charge in [0.2, 0.25) is 0 Å². The van der Waals surface area contributed by atoms with Gasteiger partial charge in [0.15, 0.2) is 11.2 Å². The lowest BCUT2D eigenvalue weighted by atomic mass is 9.95. The first kappa shape index (κ1) is 20.1. The van der Waals surface area contributed by atoms with E-state index in [1.165, 1.54) is 0 Å². The van der Waals surface area contributed by atoms with Crippen molar-refractivity contribution in [1.82, 2.24) is 29.9 Å². The van der Waals surface area contributed by atoms with Crippen molar-refractivity contribution in [3.8, 4) is 0 Å². The Morgan fingerprint density at radius 2 is 1.78 bits per heavy atom. The molecule has 32 heavy (non-hydrogen) atoms. The zero-order chi connectivity index (χ0) is 22.1. The fourth-order valence-corrected chi connectivity index (χ4v) is 4.17. The van der Waals surface area contributed by atoms with Crippen molar-refractivity contribution in [1.29, 1.82) is 0 Å². The number of benzene rings is 2. The molecule has 1 N–H and O–H groups in total. The summed E-state index contributed by atoms with van der Waals surface area (Å²) >= 11 is 0. The molecule has 2 aromatic carbocycles. The number of carbonyl (C=O) groups excluding carboxylic acids is 1. The average Bonchev–Trinajstić information content (AvgIpc) is 3.23. The quantitative estimate of drug-likeness (QED) is 0.539.